The van der Waals surface area contributed by atoms with Gasteiger partial charge in [0.15, 0.2) is 0 Å². The van der Waals surface area contributed by atoms with Crippen LogP contribution >= 0.6 is 34.8 Å². The fourth-order valence-electron chi connectivity index (χ4n) is 3.84. The van der Waals surface area contributed by atoms with Crippen molar-refractivity contribution in [3.63, 3.8) is 0 Å². The van der Waals surface area contributed by atoms with Gasteiger partial charge in [0, 0.05) is 28.2 Å². The van der Waals surface area contributed by atoms with Gasteiger partial charge in [-0.1, -0.05) is 78.5 Å². The number of halogens is 3. The average molecular weight is 611 g/mol. The summed E-state index contributed by atoms with van der Waals surface area (Å²) in [5, 5.41) is 3.79. The van der Waals surface area contributed by atoms with Crippen molar-refractivity contribution in [3.8, 4) is 0 Å². The standard InChI is InChI=1S/C28H30Cl3N3O4S/c1-3-4-14-32-28(36)20(2)33(18-21-10-12-22(29)13-11-21)27(35)19-34(25-16-23(30)15-24(31)17-25)39(37,38)26-8-6-5-7-9-26/h5-13,15-17,20H,3-4,14,18-19H2,1-2H3,(H,32,36)/t20-/m1/s1. The maximum absolute atomic E-state index is 13.9. The maximum Gasteiger partial charge on any atom is 0.264 e. The van der Waals surface area contributed by atoms with Crippen LogP contribution in [0.15, 0.2) is 77.7 Å². The maximum atomic E-state index is 13.9. The summed E-state index contributed by atoms with van der Waals surface area (Å²) in [6, 6.07) is 18.1. The third-order valence-electron chi connectivity index (χ3n) is 6.01. The van der Waals surface area contributed by atoms with Crippen molar-refractivity contribution in [2.75, 3.05) is 17.4 Å². The van der Waals surface area contributed by atoms with E-state index >= 15 is 0 Å². The van der Waals surface area contributed by atoms with Gasteiger partial charge in [-0.3, -0.25) is 13.9 Å². The van der Waals surface area contributed by atoms with E-state index in [0.29, 0.717) is 11.6 Å². The number of sulfonamides is 1. The zero-order valence-electron chi connectivity index (χ0n) is 21.6. The van der Waals surface area contributed by atoms with Gasteiger partial charge in [-0.05, 0) is 61.4 Å². The van der Waals surface area contributed by atoms with Gasteiger partial charge in [-0.2, -0.15) is 0 Å². The summed E-state index contributed by atoms with van der Waals surface area (Å²) in [7, 11) is -4.21. The number of amides is 2. The van der Waals surface area contributed by atoms with Crippen molar-refractivity contribution in [2.45, 2.75) is 44.2 Å². The number of anilines is 1. The molecule has 1 atom stereocenters. The Morgan fingerprint density at radius 3 is 2.10 bits per heavy atom. The number of nitrogens with zero attached hydrogens (tertiary/aromatic N) is 2. The van der Waals surface area contributed by atoms with E-state index in [0.717, 1.165) is 22.7 Å². The van der Waals surface area contributed by atoms with Crippen LogP contribution in [-0.4, -0.2) is 44.3 Å². The molecule has 3 rings (SSSR count). The molecular formula is C28H30Cl3N3O4S. The zero-order valence-corrected chi connectivity index (χ0v) is 24.7. The first-order chi connectivity index (χ1) is 18.5. The quantitative estimate of drug-likeness (QED) is 0.248. The zero-order chi connectivity index (χ0) is 28.6. The van der Waals surface area contributed by atoms with Gasteiger partial charge in [-0.25, -0.2) is 8.42 Å². The fourth-order valence-corrected chi connectivity index (χ4v) is 5.90. The first-order valence-electron chi connectivity index (χ1n) is 12.4. The van der Waals surface area contributed by atoms with Crippen LogP contribution < -0.4 is 9.62 Å². The molecule has 2 amide bonds. The van der Waals surface area contributed by atoms with E-state index in [1.165, 1.54) is 35.2 Å². The predicted molar refractivity (Wildman–Crippen MR) is 157 cm³/mol. The molecule has 0 aliphatic carbocycles. The Hall–Kier alpha value is -2.78. The lowest BCUT2D eigenvalue weighted by atomic mass is 10.1. The molecule has 0 bridgehead atoms. The molecule has 0 spiro atoms. The Balaban J connectivity index is 2.01. The summed E-state index contributed by atoms with van der Waals surface area (Å²) < 4.78 is 28.5. The van der Waals surface area contributed by atoms with Gasteiger partial charge < -0.3 is 10.2 Å². The molecular weight excluding hydrogens is 581 g/mol. The smallest absolute Gasteiger partial charge is 0.264 e. The molecule has 3 aromatic rings. The Labute approximate surface area is 244 Å². The van der Waals surface area contributed by atoms with Crippen LogP contribution in [0.5, 0.6) is 0 Å². The van der Waals surface area contributed by atoms with Crippen molar-refractivity contribution in [1.82, 2.24) is 10.2 Å². The third kappa shape index (κ3) is 8.35. The van der Waals surface area contributed by atoms with Crippen LogP contribution in [0.2, 0.25) is 15.1 Å². The number of nitrogens with one attached hydrogen (secondary N) is 1. The van der Waals surface area contributed by atoms with Crippen molar-refractivity contribution in [3.05, 3.63) is 93.4 Å². The number of hydrogen-bond acceptors (Lipinski definition) is 4. The molecule has 0 aromatic heterocycles. The fraction of sp³-hybridized carbons (Fsp3) is 0.286. The molecule has 0 aliphatic rings. The Morgan fingerprint density at radius 2 is 1.51 bits per heavy atom. The molecule has 3 aromatic carbocycles. The van der Waals surface area contributed by atoms with E-state index < -0.39 is 28.5 Å². The van der Waals surface area contributed by atoms with Crippen LogP contribution in [0.4, 0.5) is 5.69 Å². The molecule has 0 saturated carbocycles. The molecule has 0 aliphatic heterocycles. The minimum absolute atomic E-state index is 0.0106. The van der Waals surface area contributed by atoms with Crippen LogP contribution in [0.25, 0.3) is 0 Å². The predicted octanol–water partition coefficient (Wildman–Crippen LogP) is 6.18. The topological polar surface area (TPSA) is 86.8 Å². The summed E-state index contributed by atoms with van der Waals surface area (Å²) in [6.07, 6.45) is 1.69. The van der Waals surface area contributed by atoms with Gasteiger partial charge in [0.2, 0.25) is 11.8 Å². The van der Waals surface area contributed by atoms with Crippen LogP contribution in [0.1, 0.15) is 32.3 Å². The molecule has 0 unspecified atom stereocenters. The van der Waals surface area contributed by atoms with Gasteiger partial charge in [0.05, 0.1) is 10.6 Å². The highest BCUT2D eigenvalue weighted by Gasteiger charge is 2.32. The van der Waals surface area contributed by atoms with E-state index in [1.807, 2.05) is 6.92 Å². The van der Waals surface area contributed by atoms with Crippen LogP contribution in [-0.2, 0) is 26.2 Å². The van der Waals surface area contributed by atoms with E-state index in [1.54, 1.807) is 49.4 Å². The van der Waals surface area contributed by atoms with E-state index in [2.05, 4.69) is 5.32 Å². The van der Waals surface area contributed by atoms with E-state index in [9.17, 15) is 18.0 Å². The third-order valence-corrected chi connectivity index (χ3v) is 8.48. The molecule has 7 nitrogen and oxygen atoms in total. The monoisotopic (exact) mass is 609 g/mol. The lowest BCUT2D eigenvalue weighted by Gasteiger charge is -2.32. The summed E-state index contributed by atoms with van der Waals surface area (Å²) in [5.74, 6) is -0.923. The highest BCUT2D eigenvalue weighted by atomic mass is 35.5. The largest absolute Gasteiger partial charge is 0.354 e. The molecule has 0 radical (unpaired) electrons. The van der Waals surface area contributed by atoms with Gasteiger partial charge >= 0.3 is 0 Å². The van der Waals surface area contributed by atoms with E-state index in [-0.39, 0.29) is 33.1 Å². The Morgan fingerprint density at radius 1 is 0.897 bits per heavy atom. The number of rotatable bonds is 12. The first-order valence-corrected chi connectivity index (χ1v) is 15.0. The Kier molecular flexibility index (Phi) is 11.1. The number of hydrogen-bond donors (Lipinski definition) is 1. The average Bonchev–Trinajstić information content (AvgIpc) is 2.90. The van der Waals surface area contributed by atoms with Crippen LogP contribution in [0, 0.1) is 0 Å². The number of benzene rings is 3. The SMILES string of the molecule is CCCCNC(=O)[C@@H](C)N(Cc1ccc(Cl)cc1)C(=O)CN(c1cc(Cl)cc(Cl)c1)S(=O)(=O)c1ccccc1. The summed E-state index contributed by atoms with van der Waals surface area (Å²) in [4.78, 5) is 28.2. The molecule has 208 valence electrons. The van der Waals surface area contributed by atoms with Crippen molar-refractivity contribution >= 4 is 62.3 Å². The number of carbonyl (C=O) groups is 2. The van der Waals surface area contributed by atoms with Gasteiger partial charge in [0.1, 0.15) is 12.6 Å². The number of carbonyl (C=O) groups excluding carboxylic acids is 2. The van der Waals surface area contributed by atoms with Gasteiger partial charge in [-0.15, -0.1) is 0 Å². The summed E-state index contributed by atoms with van der Waals surface area (Å²) in [6.45, 7) is 3.57. The van der Waals surface area contributed by atoms with Gasteiger partial charge in [0.25, 0.3) is 10.0 Å². The number of unbranched alkanes of at least 4 members (excludes halogenated alkanes) is 1. The highest BCUT2D eigenvalue weighted by Crippen LogP contribution is 2.30. The second-order valence-electron chi connectivity index (χ2n) is 8.92. The highest BCUT2D eigenvalue weighted by molar-refractivity contribution is 7.92. The van der Waals surface area contributed by atoms with Crippen molar-refractivity contribution in [1.29, 1.82) is 0 Å². The lowest BCUT2D eigenvalue weighted by molar-refractivity contribution is -0.139. The summed E-state index contributed by atoms with van der Waals surface area (Å²) in [5.41, 5.74) is 0.848. The Bertz CT molecular complexity index is 1370. The molecule has 39 heavy (non-hydrogen) atoms. The molecule has 0 heterocycles. The minimum atomic E-state index is -4.21. The second kappa shape index (κ2) is 14.0. The van der Waals surface area contributed by atoms with E-state index in [4.69, 9.17) is 34.8 Å². The summed E-state index contributed by atoms with van der Waals surface area (Å²) >= 11 is 18.4. The molecule has 11 heteroatoms. The minimum Gasteiger partial charge on any atom is -0.354 e. The molecule has 0 fully saturated rings. The van der Waals surface area contributed by atoms with Crippen molar-refractivity contribution < 1.29 is 18.0 Å². The lowest BCUT2D eigenvalue weighted by Crippen LogP contribution is -2.51. The van der Waals surface area contributed by atoms with Crippen molar-refractivity contribution in [2.24, 2.45) is 0 Å². The second-order valence-corrected chi connectivity index (χ2v) is 12.1. The molecule has 0 saturated heterocycles. The first kappa shape index (κ1) is 30.8. The van der Waals surface area contributed by atoms with Crippen LogP contribution in [0.3, 0.4) is 0 Å². The normalized spacial score (nSPS) is 12.0. The molecule has 1 N–H and O–H groups in total.